The number of sulfonamides is 1. The van der Waals surface area contributed by atoms with Crippen molar-refractivity contribution in [3.05, 3.63) is 30.3 Å². The van der Waals surface area contributed by atoms with E-state index >= 15 is 0 Å². The van der Waals surface area contributed by atoms with Crippen LogP contribution in [0.25, 0.3) is 0 Å². The van der Waals surface area contributed by atoms with Crippen LogP contribution >= 0.6 is 0 Å². The summed E-state index contributed by atoms with van der Waals surface area (Å²) in [5.74, 6) is -1.45. The van der Waals surface area contributed by atoms with Gasteiger partial charge in [0, 0.05) is 6.04 Å². The van der Waals surface area contributed by atoms with E-state index in [1.807, 2.05) is 0 Å². The summed E-state index contributed by atoms with van der Waals surface area (Å²) in [5, 5.41) is 2.86. The van der Waals surface area contributed by atoms with Crippen LogP contribution < -0.4 is 10.0 Å². The Balaban J connectivity index is 1.91. The standard InChI is InChI=1S/C19H28N2O5S/c1-14(2)18(21-27(24,25)16-11-7-4-8-12-16)19(23)26-13-17(22)20-15-9-5-3-6-10-15/h4,7-8,11-12,14-15,18,21H,3,5-6,9-10,13H2,1-2H3,(H,20,22)/t18-/m0/s1. The Hall–Kier alpha value is -1.93. The predicted molar refractivity (Wildman–Crippen MR) is 101 cm³/mol. The summed E-state index contributed by atoms with van der Waals surface area (Å²) in [6.07, 6.45) is 5.22. The quantitative estimate of drug-likeness (QED) is 0.654. The second kappa shape index (κ2) is 9.85. The normalized spacial score (nSPS) is 16.7. The number of carbonyl (C=O) groups excluding carboxylic acids is 2. The molecule has 0 aliphatic heterocycles. The molecule has 150 valence electrons. The summed E-state index contributed by atoms with van der Waals surface area (Å²) >= 11 is 0. The van der Waals surface area contributed by atoms with Crippen LogP contribution in [-0.2, 0) is 24.3 Å². The number of hydrogen-bond acceptors (Lipinski definition) is 5. The number of nitrogens with one attached hydrogen (secondary N) is 2. The molecule has 1 aromatic rings. The third kappa shape index (κ3) is 6.62. The molecule has 27 heavy (non-hydrogen) atoms. The number of hydrogen-bond donors (Lipinski definition) is 2. The molecule has 2 rings (SSSR count). The Labute approximate surface area is 160 Å². The summed E-state index contributed by atoms with van der Waals surface area (Å²) in [5.41, 5.74) is 0. The molecule has 0 bridgehead atoms. The number of ether oxygens (including phenoxy) is 1. The van der Waals surface area contributed by atoms with Crippen molar-refractivity contribution in [3.63, 3.8) is 0 Å². The number of benzene rings is 1. The second-order valence-corrected chi connectivity index (χ2v) is 8.88. The van der Waals surface area contributed by atoms with Gasteiger partial charge in [-0.1, -0.05) is 51.3 Å². The molecule has 1 amide bonds. The van der Waals surface area contributed by atoms with E-state index in [2.05, 4.69) is 10.0 Å². The highest BCUT2D eigenvalue weighted by atomic mass is 32.2. The van der Waals surface area contributed by atoms with Crippen molar-refractivity contribution in [2.24, 2.45) is 5.92 Å². The average molecular weight is 397 g/mol. The molecule has 1 saturated carbocycles. The molecule has 1 aliphatic rings. The Bertz CT molecular complexity index is 728. The second-order valence-electron chi connectivity index (χ2n) is 7.17. The molecule has 7 nitrogen and oxygen atoms in total. The highest BCUT2D eigenvalue weighted by Gasteiger charge is 2.30. The lowest BCUT2D eigenvalue weighted by Crippen LogP contribution is -2.46. The number of amides is 1. The molecule has 0 saturated heterocycles. The fraction of sp³-hybridized carbons (Fsp3) is 0.579. The molecule has 0 unspecified atom stereocenters. The number of rotatable bonds is 8. The first-order valence-electron chi connectivity index (χ1n) is 9.33. The molecule has 2 N–H and O–H groups in total. The fourth-order valence-electron chi connectivity index (χ4n) is 3.03. The molecule has 0 radical (unpaired) electrons. The van der Waals surface area contributed by atoms with Gasteiger partial charge in [-0.15, -0.1) is 0 Å². The van der Waals surface area contributed by atoms with E-state index in [9.17, 15) is 18.0 Å². The maximum atomic E-state index is 12.5. The maximum absolute atomic E-state index is 12.5. The maximum Gasteiger partial charge on any atom is 0.324 e. The van der Waals surface area contributed by atoms with Gasteiger partial charge < -0.3 is 10.1 Å². The average Bonchev–Trinajstić information content (AvgIpc) is 2.65. The van der Waals surface area contributed by atoms with Crippen molar-refractivity contribution in [1.29, 1.82) is 0 Å². The lowest BCUT2D eigenvalue weighted by molar-refractivity contribution is -0.151. The van der Waals surface area contributed by atoms with Crippen LogP contribution in [-0.4, -0.2) is 39.0 Å². The van der Waals surface area contributed by atoms with Crippen LogP contribution in [0.2, 0.25) is 0 Å². The van der Waals surface area contributed by atoms with Gasteiger partial charge in [0.2, 0.25) is 10.0 Å². The summed E-state index contributed by atoms with van der Waals surface area (Å²) in [6.45, 7) is 3.01. The van der Waals surface area contributed by atoms with E-state index < -0.39 is 28.6 Å². The minimum Gasteiger partial charge on any atom is -0.454 e. The molecule has 1 fully saturated rings. The highest BCUT2D eigenvalue weighted by Crippen LogP contribution is 2.17. The van der Waals surface area contributed by atoms with E-state index in [0.29, 0.717) is 0 Å². The molecule has 1 aromatic carbocycles. The Morgan fingerprint density at radius 2 is 1.74 bits per heavy atom. The van der Waals surface area contributed by atoms with Gasteiger partial charge in [-0.05, 0) is 30.9 Å². The fourth-order valence-corrected chi connectivity index (χ4v) is 4.39. The topological polar surface area (TPSA) is 102 Å². The van der Waals surface area contributed by atoms with Gasteiger partial charge in [-0.25, -0.2) is 8.42 Å². The van der Waals surface area contributed by atoms with Gasteiger partial charge >= 0.3 is 5.97 Å². The van der Waals surface area contributed by atoms with Crippen LogP contribution in [0.5, 0.6) is 0 Å². The first kappa shape index (κ1) is 21.4. The van der Waals surface area contributed by atoms with Crippen LogP contribution in [0.15, 0.2) is 35.2 Å². The van der Waals surface area contributed by atoms with Gasteiger partial charge in [0.05, 0.1) is 4.90 Å². The van der Waals surface area contributed by atoms with E-state index in [1.54, 1.807) is 32.0 Å². The lowest BCUT2D eigenvalue weighted by Gasteiger charge is -2.23. The molecule has 0 spiro atoms. The van der Waals surface area contributed by atoms with E-state index in [-0.39, 0.29) is 22.8 Å². The molecular weight excluding hydrogens is 368 g/mol. The van der Waals surface area contributed by atoms with E-state index in [0.717, 1.165) is 25.7 Å². The summed E-state index contributed by atoms with van der Waals surface area (Å²) in [4.78, 5) is 24.4. The van der Waals surface area contributed by atoms with E-state index in [4.69, 9.17) is 4.74 Å². The third-order valence-corrected chi connectivity index (χ3v) is 6.03. The zero-order chi connectivity index (χ0) is 19.9. The van der Waals surface area contributed by atoms with Crippen molar-refractivity contribution >= 4 is 21.9 Å². The third-order valence-electron chi connectivity index (χ3n) is 4.57. The minimum absolute atomic E-state index is 0.0680. The smallest absolute Gasteiger partial charge is 0.324 e. The monoisotopic (exact) mass is 396 g/mol. The van der Waals surface area contributed by atoms with Crippen molar-refractivity contribution in [1.82, 2.24) is 10.0 Å². The molecule has 1 aliphatic carbocycles. The van der Waals surface area contributed by atoms with Crippen LogP contribution in [0.1, 0.15) is 46.0 Å². The van der Waals surface area contributed by atoms with Crippen molar-refractivity contribution < 1.29 is 22.7 Å². The zero-order valence-corrected chi connectivity index (χ0v) is 16.6. The zero-order valence-electron chi connectivity index (χ0n) is 15.8. The van der Waals surface area contributed by atoms with Crippen LogP contribution in [0, 0.1) is 5.92 Å². The first-order valence-corrected chi connectivity index (χ1v) is 10.8. The van der Waals surface area contributed by atoms with Gasteiger partial charge in [0.1, 0.15) is 6.04 Å². The van der Waals surface area contributed by atoms with Crippen molar-refractivity contribution in [2.45, 2.75) is 62.9 Å². The minimum atomic E-state index is -3.86. The van der Waals surface area contributed by atoms with E-state index in [1.165, 1.54) is 18.6 Å². The number of carbonyl (C=O) groups is 2. The van der Waals surface area contributed by atoms with Crippen LogP contribution in [0.3, 0.4) is 0 Å². The predicted octanol–water partition coefficient (Wildman–Crippen LogP) is 1.98. The summed E-state index contributed by atoms with van der Waals surface area (Å²) in [6, 6.07) is 6.86. The SMILES string of the molecule is CC(C)[C@H](NS(=O)(=O)c1ccccc1)C(=O)OCC(=O)NC1CCCCC1. The first-order chi connectivity index (χ1) is 12.8. The van der Waals surface area contributed by atoms with Gasteiger partial charge in [0.25, 0.3) is 5.91 Å². The Morgan fingerprint density at radius 3 is 2.33 bits per heavy atom. The largest absolute Gasteiger partial charge is 0.454 e. The molecule has 0 heterocycles. The Kier molecular flexibility index (Phi) is 7.79. The summed E-state index contributed by atoms with van der Waals surface area (Å²) < 4.78 is 32.4. The summed E-state index contributed by atoms with van der Waals surface area (Å²) in [7, 11) is -3.86. The van der Waals surface area contributed by atoms with Crippen molar-refractivity contribution in [3.8, 4) is 0 Å². The molecular formula is C19H28N2O5S. The molecule has 0 aromatic heterocycles. The van der Waals surface area contributed by atoms with Gasteiger partial charge in [-0.2, -0.15) is 4.72 Å². The number of esters is 1. The molecule has 1 atom stereocenters. The van der Waals surface area contributed by atoms with Gasteiger partial charge in [0.15, 0.2) is 6.61 Å². The highest BCUT2D eigenvalue weighted by molar-refractivity contribution is 7.89. The van der Waals surface area contributed by atoms with Crippen LogP contribution in [0.4, 0.5) is 0 Å². The van der Waals surface area contributed by atoms with Crippen molar-refractivity contribution in [2.75, 3.05) is 6.61 Å². The lowest BCUT2D eigenvalue weighted by atomic mass is 9.95. The molecule has 8 heteroatoms. The Morgan fingerprint density at radius 1 is 1.11 bits per heavy atom. The van der Waals surface area contributed by atoms with Gasteiger partial charge in [-0.3, -0.25) is 9.59 Å².